The number of carbonyl (C=O) groups is 2. The van der Waals surface area contributed by atoms with E-state index >= 15 is 0 Å². The predicted molar refractivity (Wildman–Crippen MR) is 117 cm³/mol. The summed E-state index contributed by atoms with van der Waals surface area (Å²) >= 11 is 3.42. The SMILES string of the molecule is Cc1ccc(C(O)=C2C(=O)C(=O)N(Cc3cccnc3)[C@@H]2c2ccc(Br)cc2)cc1. The number of amides is 1. The predicted octanol–water partition coefficient (Wildman–Crippen LogP) is 4.77. The second-order valence-corrected chi connectivity index (χ2v) is 8.12. The van der Waals surface area contributed by atoms with E-state index in [0.29, 0.717) is 5.56 Å². The molecule has 150 valence electrons. The minimum atomic E-state index is -0.695. The van der Waals surface area contributed by atoms with E-state index < -0.39 is 17.7 Å². The maximum atomic E-state index is 13.0. The first-order valence-electron chi connectivity index (χ1n) is 9.45. The highest BCUT2D eigenvalue weighted by molar-refractivity contribution is 9.10. The highest BCUT2D eigenvalue weighted by Gasteiger charge is 2.46. The lowest BCUT2D eigenvalue weighted by Gasteiger charge is -2.25. The lowest BCUT2D eigenvalue weighted by atomic mass is 9.95. The molecular formula is C24H19BrN2O3. The number of nitrogens with zero attached hydrogens (tertiary/aromatic N) is 2. The van der Waals surface area contributed by atoms with Crippen LogP contribution in [0.2, 0.25) is 0 Å². The molecule has 0 unspecified atom stereocenters. The van der Waals surface area contributed by atoms with Gasteiger partial charge in [0.05, 0.1) is 11.6 Å². The van der Waals surface area contributed by atoms with Crippen LogP contribution < -0.4 is 0 Å². The van der Waals surface area contributed by atoms with Gasteiger partial charge in [0.2, 0.25) is 0 Å². The van der Waals surface area contributed by atoms with E-state index in [1.807, 2.05) is 49.4 Å². The number of ketones is 1. The Balaban J connectivity index is 1.85. The number of carbonyl (C=O) groups excluding carboxylic acids is 2. The molecule has 1 aliphatic heterocycles. The van der Waals surface area contributed by atoms with E-state index in [9.17, 15) is 14.7 Å². The first-order valence-corrected chi connectivity index (χ1v) is 10.2. The average Bonchev–Trinajstić information content (AvgIpc) is 3.00. The molecule has 2 heterocycles. The second-order valence-electron chi connectivity index (χ2n) is 7.21. The van der Waals surface area contributed by atoms with Gasteiger partial charge in [-0.15, -0.1) is 0 Å². The van der Waals surface area contributed by atoms with E-state index in [1.165, 1.54) is 4.90 Å². The van der Waals surface area contributed by atoms with E-state index in [0.717, 1.165) is 21.2 Å². The smallest absolute Gasteiger partial charge is 0.295 e. The average molecular weight is 463 g/mol. The van der Waals surface area contributed by atoms with Gasteiger partial charge in [0.25, 0.3) is 11.7 Å². The number of pyridine rings is 1. The normalized spacial score (nSPS) is 18.1. The number of rotatable bonds is 4. The molecule has 5 nitrogen and oxygen atoms in total. The second kappa shape index (κ2) is 8.24. The zero-order valence-electron chi connectivity index (χ0n) is 16.2. The monoisotopic (exact) mass is 462 g/mol. The highest BCUT2D eigenvalue weighted by atomic mass is 79.9. The molecule has 1 aliphatic rings. The summed E-state index contributed by atoms with van der Waals surface area (Å²) in [5, 5.41) is 11.0. The van der Waals surface area contributed by atoms with Crippen LogP contribution in [-0.4, -0.2) is 26.7 Å². The summed E-state index contributed by atoms with van der Waals surface area (Å²) in [5.74, 6) is -1.50. The lowest BCUT2D eigenvalue weighted by Crippen LogP contribution is -2.29. The Labute approximate surface area is 182 Å². The molecule has 0 aliphatic carbocycles. The van der Waals surface area contributed by atoms with E-state index in [4.69, 9.17) is 0 Å². The van der Waals surface area contributed by atoms with Gasteiger partial charge < -0.3 is 10.0 Å². The van der Waals surface area contributed by atoms with Crippen molar-refractivity contribution in [2.24, 2.45) is 0 Å². The Morgan fingerprint density at radius 2 is 1.77 bits per heavy atom. The molecule has 0 saturated carbocycles. The summed E-state index contributed by atoms with van der Waals surface area (Å²) in [6.07, 6.45) is 3.32. The number of likely N-dealkylation sites (tertiary alicyclic amines) is 1. The maximum Gasteiger partial charge on any atom is 0.295 e. The number of benzene rings is 2. The third-order valence-corrected chi connectivity index (χ3v) is 5.66. The maximum absolute atomic E-state index is 13.0. The Morgan fingerprint density at radius 1 is 1.07 bits per heavy atom. The van der Waals surface area contributed by atoms with Crippen molar-refractivity contribution < 1.29 is 14.7 Å². The van der Waals surface area contributed by atoms with Crippen LogP contribution in [0.4, 0.5) is 0 Å². The first-order chi connectivity index (χ1) is 14.5. The van der Waals surface area contributed by atoms with E-state index in [2.05, 4.69) is 20.9 Å². The van der Waals surface area contributed by atoms with Gasteiger partial charge in [0.15, 0.2) is 0 Å². The molecule has 6 heteroatoms. The minimum absolute atomic E-state index is 0.0927. The number of Topliss-reactive ketones (excluding diaryl/α,β-unsaturated/α-hetero) is 1. The van der Waals surface area contributed by atoms with Crippen LogP contribution in [-0.2, 0) is 16.1 Å². The largest absolute Gasteiger partial charge is 0.507 e. The first kappa shape index (κ1) is 20.0. The quantitative estimate of drug-likeness (QED) is 0.344. The standard InChI is InChI=1S/C24H19BrN2O3/c1-15-4-6-18(7-5-15)22(28)20-21(17-8-10-19(25)11-9-17)27(24(30)23(20)29)14-16-3-2-12-26-13-16/h2-13,21,28H,14H2,1H3/t21-/m1/s1. The third kappa shape index (κ3) is 3.78. The zero-order valence-corrected chi connectivity index (χ0v) is 17.8. The molecule has 3 aromatic rings. The van der Waals surface area contributed by atoms with E-state index in [-0.39, 0.29) is 17.9 Å². The molecular weight excluding hydrogens is 444 g/mol. The Kier molecular flexibility index (Phi) is 5.50. The zero-order chi connectivity index (χ0) is 21.3. The van der Waals surface area contributed by atoms with Gasteiger partial charge in [0.1, 0.15) is 5.76 Å². The fourth-order valence-electron chi connectivity index (χ4n) is 3.59. The van der Waals surface area contributed by atoms with Gasteiger partial charge in [0, 0.05) is 29.0 Å². The van der Waals surface area contributed by atoms with Crippen molar-refractivity contribution in [3.8, 4) is 0 Å². The van der Waals surface area contributed by atoms with Crippen molar-refractivity contribution in [2.45, 2.75) is 19.5 Å². The van der Waals surface area contributed by atoms with Crippen molar-refractivity contribution >= 4 is 33.4 Å². The molecule has 0 spiro atoms. The summed E-state index contributed by atoms with van der Waals surface area (Å²) in [6, 6.07) is 17.5. The number of hydrogen-bond acceptors (Lipinski definition) is 4. The Bertz CT molecular complexity index is 1120. The van der Waals surface area contributed by atoms with Crippen LogP contribution in [0.5, 0.6) is 0 Å². The number of aliphatic hydroxyl groups excluding tert-OH is 1. The van der Waals surface area contributed by atoms with Crippen LogP contribution in [0.25, 0.3) is 5.76 Å². The van der Waals surface area contributed by atoms with Gasteiger partial charge in [-0.25, -0.2) is 0 Å². The van der Waals surface area contributed by atoms with Crippen molar-refractivity contribution in [1.82, 2.24) is 9.88 Å². The lowest BCUT2D eigenvalue weighted by molar-refractivity contribution is -0.140. The molecule has 30 heavy (non-hydrogen) atoms. The van der Waals surface area contributed by atoms with Crippen LogP contribution >= 0.6 is 15.9 Å². The van der Waals surface area contributed by atoms with Crippen molar-refractivity contribution in [1.29, 1.82) is 0 Å². The van der Waals surface area contributed by atoms with Crippen LogP contribution in [0.1, 0.15) is 28.3 Å². The van der Waals surface area contributed by atoms with Crippen LogP contribution in [0.15, 0.2) is 83.1 Å². The van der Waals surface area contributed by atoms with Crippen LogP contribution in [0.3, 0.4) is 0 Å². The summed E-state index contributed by atoms with van der Waals surface area (Å²) < 4.78 is 0.883. The highest BCUT2D eigenvalue weighted by Crippen LogP contribution is 2.40. The molecule has 0 bridgehead atoms. The van der Waals surface area contributed by atoms with Gasteiger partial charge in [-0.3, -0.25) is 14.6 Å². The molecule has 1 N–H and O–H groups in total. The van der Waals surface area contributed by atoms with Crippen LogP contribution in [0, 0.1) is 6.92 Å². The van der Waals surface area contributed by atoms with Gasteiger partial charge in [-0.05, 0) is 36.2 Å². The van der Waals surface area contributed by atoms with Gasteiger partial charge in [-0.2, -0.15) is 0 Å². The number of aryl methyl sites for hydroxylation is 1. The fraction of sp³-hybridized carbons (Fsp3) is 0.125. The summed E-state index contributed by atoms with van der Waals surface area (Å²) in [6.45, 7) is 2.16. The summed E-state index contributed by atoms with van der Waals surface area (Å²) in [4.78, 5) is 31.6. The molecule has 1 saturated heterocycles. The minimum Gasteiger partial charge on any atom is -0.507 e. The molecule has 1 fully saturated rings. The summed E-state index contributed by atoms with van der Waals surface area (Å²) in [5.41, 5.74) is 3.18. The Hall–Kier alpha value is -3.25. The molecule has 0 radical (unpaired) electrons. The van der Waals surface area contributed by atoms with Crippen molar-refractivity contribution in [3.63, 3.8) is 0 Å². The third-order valence-electron chi connectivity index (χ3n) is 5.13. The van der Waals surface area contributed by atoms with Crippen molar-refractivity contribution in [2.75, 3.05) is 0 Å². The molecule has 1 amide bonds. The molecule has 1 atom stereocenters. The van der Waals surface area contributed by atoms with E-state index in [1.54, 1.807) is 30.6 Å². The topological polar surface area (TPSA) is 70.5 Å². The summed E-state index contributed by atoms with van der Waals surface area (Å²) in [7, 11) is 0. The Morgan fingerprint density at radius 3 is 2.40 bits per heavy atom. The van der Waals surface area contributed by atoms with Crippen molar-refractivity contribution in [3.05, 3.63) is 105 Å². The molecule has 2 aromatic carbocycles. The number of aliphatic hydroxyl groups is 1. The number of halogens is 1. The molecule has 1 aromatic heterocycles. The molecule has 4 rings (SSSR count). The van der Waals surface area contributed by atoms with Gasteiger partial charge >= 0.3 is 0 Å². The van der Waals surface area contributed by atoms with Gasteiger partial charge in [-0.1, -0.05) is 64.0 Å². The fourth-order valence-corrected chi connectivity index (χ4v) is 3.85. The number of hydrogen-bond donors (Lipinski definition) is 1. The number of aromatic nitrogens is 1.